The summed E-state index contributed by atoms with van der Waals surface area (Å²) in [6.07, 6.45) is 3.85. The molecule has 0 radical (unpaired) electrons. The normalized spacial score (nSPS) is 14.1. The van der Waals surface area contributed by atoms with Gasteiger partial charge < -0.3 is 15.2 Å². The van der Waals surface area contributed by atoms with E-state index >= 15 is 0 Å². The van der Waals surface area contributed by atoms with E-state index in [1.54, 1.807) is 23.9 Å². The van der Waals surface area contributed by atoms with E-state index in [1.165, 1.54) is 0 Å². The summed E-state index contributed by atoms with van der Waals surface area (Å²) < 4.78 is 5.40. The van der Waals surface area contributed by atoms with Crippen LogP contribution in [0, 0.1) is 0 Å². The maximum atomic E-state index is 11.8. The van der Waals surface area contributed by atoms with Gasteiger partial charge in [0.15, 0.2) is 6.04 Å². The minimum absolute atomic E-state index is 0.229. The first-order valence-corrected chi connectivity index (χ1v) is 8.28. The number of aliphatic carboxylic acids is 1. The SMILES string of the molecule is CSCCCC(=O)NC(C(=O)O)c1ccc2c(c1)CCO2. The van der Waals surface area contributed by atoms with Crippen LogP contribution in [0.4, 0.5) is 0 Å². The molecule has 5 nitrogen and oxygen atoms in total. The Balaban J connectivity index is 2.05. The summed E-state index contributed by atoms with van der Waals surface area (Å²) in [7, 11) is 0. The standard InChI is InChI=1S/C15H19NO4S/c1-21-8-2-3-13(17)16-14(15(18)19)11-4-5-12-10(9-11)6-7-20-12/h4-5,9,14H,2-3,6-8H2,1H3,(H,16,17)(H,18,19). The molecule has 1 aliphatic rings. The van der Waals surface area contributed by atoms with Crippen molar-refractivity contribution >= 4 is 23.6 Å². The highest BCUT2D eigenvalue weighted by atomic mass is 32.2. The van der Waals surface area contributed by atoms with Gasteiger partial charge in [-0.05, 0) is 41.7 Å². The van der Waals surface area contributed by atoms with E-state index in [1.807, 2.05) is 12.3 Å². The Morgan fingerprint density at radius 2 is 2.29 bits per heavy atom. The number of hydrogen-bond donors (Lipinski definition) is 2. The summed E-state index contributed by atoms with van der Waals surface area (Å²) in [4.78, 5) is 23.2. The van der Waals surface area contributed by atoms with E-state index in [-0.39, 0.29) is 5.91 Å². The third-order valence-corrected chi connectivity index (χ3v) is 4.05. The lowest BCUT2D eigenvalue weighted by Crippen LogP contribution is -2.33. The van der Waals surface area contributed by atoms with E-state index in [0.717, 1.165) is 29.9 Å². The number of carboxylic acid groups (broad SMARTS) is 1. The fourth-order valence-electron chi connectivity index (χ4n) is 2.28. The number of thioether (sulfide) groups is 1. The highest BCUT2D eigenvalue weighted by Crippen LogP contribution is 2.28. The van der Waals surface area contributed by atoms with Gasteiger partial charge in [0.05, 0.1) is 6.61 Å². The number of ether oxygens (including phenoxy) is 1. The zero-order valence-corrected chi connectivity index (χ0v) is 12.7. The van der Waals surface area contributed by atoms with Crippen molar-refractivity contribution in [1.29, 1.82) is 0 Å². The van der Waals surface area contributed by atoms with Crippen molar-refractivity contribution in [2.75, 3.05) is 18.6 Å². The molecule has 1 heterocycles. The fourth-order valence-corrected chi connectivity index (χ4v) is 2.72. The quantitative estimate of drug-likeness (QED) is 0.754. The number of hydrogen-bond acceptors (Lipinski definition) is 4. The van der Waals surface area contributed by atoms with Crippen molar-refractivity contribution in [2.45, 2.75) is 25.3 Å². The van der Waals surface area contributed by atoms with Crippen LogP contribution in [-0.4, -0.2) is 35.6 Å². The van der Waals surface area contributed by atoms with Crippen LogP contribution in [0.2, 0.25) is 0 Å². The first-order valence-electron chi connectivity index (χ1n) is 6.88. The molecule has 1 aliphatic heterocycles. The minimum Gasteiger partial charge on any atom is -0.493 e. The number of carboxylic acids is 1. The second-order valence-corrected chi connectivity index (χ2v) is 5.89. The zero-order chi connectivity index (χ0) is 15.2. The molecule has 114 valence electrons. The molecule has 2 N–H and O–H groups in total. The lowest BCUT2D eigenvalue weighted by atomic mass is 10.0. The van der Waals surface area contributed by atoms with E-state index < -0.39 is 12.0 Å². The van der Waals surface area contributed by atoms with Crippen LogP contribution in [-0.2, 0) is 16.0 Å². The molecule has 1 amide bonds. The van der Waals surface area contributed by atoms with Gasteiger partial charge in [-0.3, -0.25) is 4.79 Å². The van der Waals surface area contributed by atoms with Gasteiger partial charge in [-0.15, -0.1) is 0 Å². The number of benzene rings is 1. The highest BCUT2D eigenvalue weighted by Gasteiger charge is 2.24. The molecule has 0 fully saturated rings. The number of amides is 1. The molecule has 1 atom stereocenters. The Hall–Kier alpha value is -1.69. The van der Waals surface area contributed by atoms with Crippen molar-refractivity contribution < 1.29 is 19.4 Å². The van der Waals surface area contributed by atoms with Gasteiger partial charge in [0.1, 0.15) is 5.75 Å². The maximum absolute atomic E-state index is 11.8. The van der Waals surface area contributed by atoms with Crippen molar-refractivity contribution in [3.8, 4) is 5.75 Å². The average Bonchev–Trinajstić information content (AvgIpc) is 2.92. The summed E-state index contributed by atoms with van der Waals surface area (Å²) in [5, 5.41) is 11.9. The third kappa shape index (κ3) is 4.14. The molecule has 21 heavy (non-hydrogen) atoms. The molecule has 0 saturated heterocycles. The summed E-state index contributed by atoms with van der Waals surface area (Å²) in [6, 6.07) is 4.28. The first kappa shape index (κ1) is 15.7. The van der Waals surface area contributed by atoms with Gasteiger partial charge in [0, 0.05) is 12.8 Å². The van der Waals surface area contributed by atoms with Crippen molar-refractivity contribution in [3.63, 3.8) is 0 Å². The monoisotopic (exact) mass is 309 g/mol. The molecule has 1 aromatic carbocycles. The topological polar surface area (TPSA) is 75.6 Å². The summed E-state index contributed by atoms with van der Waals surface area (Å²) >= 11 is 1.67. The molecule has 0 spiro atoms. The minimum atomic E-state index is -1.05. The average molecular weight is 309 g/mol. The van der Waals surface area contributed by atoms with E-state index in [9.17, 15) is 14.7 Å². The third-order valence-electron chi connectivity index (χ3n) is 3.35. The lowest BCUT2D eigenvalue weighted by molar-refractivity contribution is -0.142. The Kier molecular flexibility index (Phi) is 5.50. The van der Waals surface area contributed by atoms with E-state index in [4.69, 9.17) is 4.74 Å². The van der Waals surface area contributed by atoms with Crippen LogP contribution in [0.15, 0.2) is 18.2 Å². The van der Waals surface area contributed by atoms with Crippen LogP contribution in [0.25, 0.3) is 0 Å². The van der Waals surface area contributed by atoms with Crippen molar-refractivity contribution in [1.82, 2.24) is 5.32 Å². The van der Waals surface area contributed by atoms with Gasteiger partial charge >= 0.3 is 5.97 Å². The fraction of sp³-hybridized carbons (Fsp3) is 0.467. The maximum Gasteiger partial charge on any atom is 0.330 e. The number of nitrogens with one attached hydrogen (secondary N) is 1. The van der Waals surface area contributed by atoms with Crippen molar-refractivity contribution in [3.05, 3.63) is 29.3 Å². The molecule has 1 aromatic rings. The Labute approximate surface area is 128 Å². The Morgan fingerprint density at radius 3 is 3.00 bits per heavy atom. The number of carbonyl (C=O) groups excluding carboxylic acids is 1. The molecule has 0 aromatic heterocycles. The smallest absolute Gasteiger partial charge is 0.330 e. The second-order valence-electron chi connectivity index (χ2n) is 4.90. The van der Waals surface area contributed by atoms with Gasteiger partial charge in [-0.25, -0.2) is 4.79 Å². The predicted molar refractivity (Wildman–Crippen MR) is 81.8 cm³/mol. The summed E-state index contributed by atoms with van der Waals surface area (Å²) in [6.45, 7) is 0.623. The molecule has 0 bridgehead atoms. The zero-order valence-electron chi connectivity index (χ0n) is 11.9. The molecule has 0 aliphatic carbocycles. The van der Waals surface area contributed by atoms with Crippen molar-refractivity contribution in [2.24, 2.45) is 0 Å². The molecule has 0 saturated carbocycles. The molecule has 6 heteroatoms. The van der Waals surface area contributed by atoms with Gasteiger partial charge in [-0.1, -0.05) is 6.07 Å². The Bertz CT molecular complexity index is 532. The molecule has 2 rings (SSSR count). The van der Waals surface area contributed by atoms with E-state index in [2.05, 4.69) is 5.32 Å². The van der Waals surface area contributed by atoms with Crippen LogP contribution in [0.3, 0.4) is 0 Å². The van der Waals surface area contributed by atoms with Crippen LogP contribution >= 0.6 is 11.8 Å². The molecular formula is C15H19NO4S. The summed E-state index contributed by atoms with van der Waals surface area (Å²) in [5.41, 5.74) is 1.58. The van der Waals surface area contributed by atoms with E-state index in [0.29, 0.717) is 18.6 Å². The van der Waals surface area contributed by atoms with Gasteiger partial charge in [0.25, 0.3) is 0 Å². The largest absolute Gasteiger partial charge is 0.493 e. The number of fused-ring (bicyclic) bond motifs is 1. The number of carbonyl (C=O) groups is 2. The highest BCUT2D eigenvalue weighted by molar-refractivity contribution is 7.98. The second kappa shape index (κ2) is 7.36. The van der Waals surface area contributed by atoms with Crippen LogP contribution in [0.5, 0.6) is 5.75 Å². The van der Waals surface area contributed by atoms with Crippen LogP contribution < -0.4 is 10.1 Å². The van der Waals surface area contributed by atoms with Gasteiger partial charge in [0.2, 0.25) is 5.91 Å². The van der Waals surface area contributed by atoms with Crippen LogP contribution in [0.1, 0.15) is 30.0 Å². The summed E-state index contributed by atoms with van der Waals surface area (Å²) in [5.74, 6) is 0.413. The Morgan fingerprint density at radius 1 is 1.48 bits per heavy atom. The van der Waals surface area contributed by atoms with Gasteiger partial charge in [-0.2, -0.15) is 11.8 Å². The predicted octanol–water partition coefficient (Wildman–Crippen LogP) is 2.01. The molecule has 1 unspecified atom stereocenters. The molecular weight excluding hydrogens is 290 g/mol. The first-order chi connectivity index (χ1) is 10.1. The number of rotatable bonds is 7. The lowest BCUT2D eigenvalue weighted by Gasteiger charge is -2.15.